The molecule has 0 amide bonds. The Morgan fingerprint density at radius 2 is 1.78 bits per heavy atom. The molecule has 0 radical (unpaired) electrons. The first kappa shape index (κ1) is 20.7. The van der Waals surface area contributed by atoms with Gasteiger partial charge in [0.25, 0.3) is 5.69 Å². The zero-order valence-corrected chi connectivity index (χ0v) is 15.3. The first-order valence-electron chi connectivity index (χ1n) is 7.78. The van der Waals surface area contributed by atoms with Crippen LogP contribution in [0.1, 0.15) is 13.8 Å². The highest BCUT2D eigenvalue weighted by molar-refractivity contribution is 5.62. The van der Waals surface area contributed by atoms with E-state index in [1.54, 1.807) is 18.3 Å². The molecule has 0 aliphatic rings. The average Bonchev–Trinajstić information content (AvgIpc) is 2.91. The minimum absolute atomic E-state index is 0.0982. The Morgan fingerprint density at radius 3 is 2.30 bits per heavy atom. The minimum Gasteiger partial charge on any atom is -0.258 e. The van der Waals surface area contributed by atoms with Gasteiger partial charge in [-0.25, -0.2) is 27.6 Å². The predicted molar refractivity (Wildman–Crippen MR) is 82.3 cm³/mol. The maximum absolute atomic E-state index is 10.8. The molecule has 2 heterocycles. The number of halogens is 1. The predicted octanol–water partition coefficient (Wildman–Crippen LogP) is -1.90. The molecule has 3 aromatic rings. The number of hydrogen-bond donors (Lipinski definition) is 0. The molecular weight excluding hydrogens is 380 g/mol. The molecule has 0 fully saturated rings. The molecule has 144 valence electrons. The van der Waals surface area contributed by atoms with E-state index < -0.39 is 10.2 Å². The molecule has 0 saturated carbocycles. The van der Waals surface area contributed by atoms with Crippen molar-refractivity contribution < 1.29 is 38.2 Å². The van der Waals surface area contributed by atoms with Crippen molar-refractivity contribution in [2.45, 2.75) is 20.4 Å². The number of hydrogen-bond acceptors (Lipinski definition) is 7. The standard InChI is InChI=1S/C16H17N4O2.ClHO4/c1-12(2)10-19-15(11-18-9-3-8-17-16(18)19)13-4-6-14(7-5-13)20(21)22;2-1(3,4)5/h3-9,11-12H,10H2,1-2H3;(H,2,3,4,5)/q+1;/p-1. The smallest absolute Gasteiger partial charge is 0.258 e. The van der Waals surface area contributed by atoms with Crippen LogP contribution >= 0.6 is 0 Å². The van der Waals surface area contributed by atoms with Crippen LogP contribution in [0, 0.1) is 26.3 Å². The zero-order valence-electron chi connectivity index (χ0n) is 14.5. The maximum Gasteiger partial charge on any atom is 0.403 e. The molecule has 3 rings (SSSR count). The topological polar surface area (TPSA) is 157 Å². The van der Waals surface area contributed by atoms with Crippen molar-refractivity contribution in [2.24, 2.45) is 5.92 Å². The lowest BCUT2D eigenvalue weighted by atomic mass is 10.1. The second kappa shape index (κ2) is 8.37. The largest absolute Gasteiger partial charge is 0.403 e. The molecule has 0 atom stereocenters. The van der Waals surface area contributed by atoms with Gasteiger partial charge in [0.05, 0.1) is 17.7 Å². The van der Waals surface area contributed by atoms with E-state index in [2.05, 4.69) is 23.4 Å². The average molecular weight is 397 g/mol. The quantitative estimate of drug-likeness (QED) is 0.283. The fraction of sp³-hybridized carbons (Fsp3) is 0.250. The molecule has 0 aliphatic carbocycles. The van der Waals surface area contributed by atoms with Gasteiger partial charge in [-0.2, -0.15) is 0 Å². The Hall–Kier alpha value is -2.63. The highest BCUT2D eigenvalue weighted by atomic mass is 35.7. The van der Waals surface area contributed by atoms with Crippen LogP contribution in [-0.2, 0) is 6.54 Å². The Morgan fingerprint density at radius 1 is 1.19 bits per heavy atom. The molecule has 0 bridgehead atoms. The molecule has 1 aromatic carbocycles. The summed E-state index contributed by atoms with van der Waals surface area (Å²) in [6.07, 6.45) is 5.73. The summed E-state index contributed by atoms with van der Waals surface area (Å²) in [5, 5.41) is 10.8. The van der Waals surface area contributed by atoms with Crippen LogP contribution in [0.2, 0.25) is 0 Å². The number of nitro benzene ring substituents is 1. The summed E-state index contributed by atoms with van der Waals surface area (Å²) < 4.78 is 38.1. The zero-order chi connectivity index (χ0) is 20.2. The normalized spacial score (nSPS) is 11.4. The highest BCUT2D eigenvalue weighted by Gasteiger charge is 2.20. The van der Waals surface area contributed by atoms with Gasteiger partial charge in [-0.15, -0.1) is 10.2 Å². The summed E-state index contributed by atoms with van der Waals surface area (Å²) in [5.74, 6) is 1.33. The second-order valence-electron chi connectivity index (χ2n) is 6.03. The maximum atomic E-state index is 10.8. The Bertz CT molecular complexity index is 915. The summed E-state index contributed by atoms with van der Waals surface area (Å²) in [6.45, 7) is 5.14. The van der Waals surface area contributed by atoms with Crippen molar-refractivity contribution in [3.8, 4) is 11.3 Å². The Labute approximate surface area is 156 Å². The molecule has 0 aliphatic heterocycles. The Balaban J connectivity index is 0.000000465. The van der Waals surface area contributed by atoms with Gasteiger partial charge in [-0.05, 0) is 18.1 Å². The number of nitrogens with zero attached hydrogens (tertiary/aromatic N) is 4. The van der Waals surface area contributed by atoms with Crippen LogP contribution in [0.4, 0.5) is 5.69 Å². The summed E-state index contributed by atoms with van der Waals surface area (Å²) in [5.41, 5.74) is 2.04. The van der Waals surface area contributed by atoms with Crippen molar-refractivity contribution in [1.82, 2.24) is 9.55 Å². The lowest BCUT2D eigenvalue weighted by Gasteiger charge is -2.17. The Kier molecular flexibility index (Phi) is 6.41. The summed E-state index contributed by atoms with van der Waals surface area (Å²) in [6, 6.07) is 8.51. The third kappa shape index (κ3) is 5.94. The number of imidazole rings is 1. The van der Waals surface area contributed by atoms with Gasteiger partial charge in [-0.1, -0.05) is 18.8 Å². The first-order chi connectivity index (χ1) is 12.6. The van der Waals surface area contributed by atoms with Crippen LogP contribution in [0.3, 0.4) is 0 Å². The van der Waals surface area contributed by atoms with Crippen molar-refractivity contribution >= 4 is 11.5 Å². The van der Waals surface area contributed by atoms with Crippen LogP contribution in [0.15, 0.2) is 48.9 Å². The van der Waals surface area contributed by atoms with Crippen LogP contribution < -0.4 is 23.0 Å². The van der Waals surface area contributed by atoms with Crippen molar-refractivity contribution in [3.63, 3.8) is 0 Å². The fourth-order valence-corrected chi connectivity index (χ4v) is 2.52. The van der Waals surface area contributed by atoms with E-state index in [-0.39, 0.29) is 10.6 Å². The number of benzene rings is 1. The van der Waals surface area contributed by atoms with Crippen molar-refractivity contribution in [2.75, 3.05) is 0 Å². The number of fused-ring (bicyclic) bond motifs is 1. The first-order valence-corrected chi connectivity index (χ1v) is 9.02. The molecule has 2 aromatic heterocycles. The van der Waals surface area contributed by atoms with Crippen LogP contribution in [0.25, 0.3) is 17.0 Å². The van der Waals surface area contributed by atoms with E-state index in [0.29, 0.717) is 5.92 Å². The number of nitro groups is 1. The summed E-state index contributed by atoms with van der Waals surface area (Å²) >= 11 is 0. The second-order valence-corrected chi connectivity index (χ2v) is 6.78. The van der Waals surface area contributed by atoms with E-state index in [9.17, 15) is 10.1 Å². The minimum atomic E-state index is -4.94. The summed E-state index contributed by atoms with van der Waals surface area (Å²) in [4.78, 5) is 14.8. The monoisotopic (exact) mass is 396 g/mol. The van der Waals surface area contributed by atoms with Crippen molar-refractivity contribution in [1.29, 1.82) is 0 Å². The van der Waals surface area contributed by atoms with E-state index in [1.807, 2.05) is 22.9 Å². The summed E-state index contributed by atoms with van der Waals surface area (Å²) in [7, 11) is -4.94. The van der Waals surface area contributed by atoms with E-state index >= 15 is 0 Å². The molecule has 0 saturated heterocycles. The number of aromatic nitrogens is 3. The van der Waals surface area contributed by atoms with Gasteiger partial charge in [0.1, 0.15) is 18.1 Å². The lowest BCUT2D eigenvalue weighted by molar-refractivity contribution is -2.00. The third-order valence-corrected chi connectivity index (χ3v) is 3.47. The van der Waals surface area contributed by atoms with Gasteiger partial charge in [-0.3, -0.25) is 10.1 Å². The van der Waals surface area contributed by atoms with Crippen LogP contribution in [0.5, 0.6) is 0 Å². The molecule has 0 N–H and O–H groups in total. The molecule has 0 unspecified atom stereocenters. The van der Waals surface area contributed by atoms with Gasteiger partial charge in [0, 0.05) is 23.8 Å². The molecule has 10 nitrogen and oxygen atoms in total. The molecular formula is C16H17ClN4O6. The number of rotatable bonds is 4. The van der Waals surface area contributed by atoms with Gasteiger partial charge in [0.15, 0.2) is 0 Å². The third-order valence-electron chi connectivity index (χ3n) is 3.47. The molecule has 11 heteroatoms. The highest BCUT2D eigenvalue weighted by Crippen LogP contribution is 2.23. The molecule has 27 heavy (non-hydrogen) atoms. The lowest BCUT2D eigenvalue weighted by Crippen LogP contribution is -2.68. The van der Waals surface area contributed by atoms with E-state index in [4.69, 9.17) is 18.6 Å². The van der Waals surface area contributed by atoms with Crippen molar-refractivity contribution in [3.05, 3.63) is 59.0 Å². The fourth-order valence-electron chi connectivity index (χ4n) is 2.52. The van der Waals surface area contributed by atoms with E-state index in [0.717, 1.165) is 23.6 Å². The van der Waals surface area contributed by atoms with Crippen LogP contribution in [-0.4, -0.2) is 14.5 Å². The van der Waals surface area contributed by atoms with Gasteiger partial charge >= 0.3 is 5.78 Å². The number of non-ortho nitro benzene ring substituents is 1. The SMILES string of the molecule is CC(C)Cn1c(-c2ccc([N+](=O)[O-])cc2)c[n+]2cccnc12.[O-][Cl+3]([O-])([O-])[O-]. The van der Waals surface area contributed by atoms with E-state index in [1.165, 1.54) is 12.1 Å². The van der Waals surface area contributed by atoms with Gasteiger partial charge in [0.2, 0.25) is 0 Å². The van der Waals surface area contributed by atoms with Gasteiger partial charge < -0.3 is 0 Å². The molecule has 0 spiro atoms.